The Morgan fingerprint density at radius 1 is 0.966 bits per heavy atom. The van der Waals surface area contributed by atoms with Gasteiger partial charge in [0.15, 0.2) is 0 Å². The third kappa shape index (κ3) is 4.59. The fraction of sp³-hybridized carbons (Fsp3) is 0.440. The number of hydrogen-bond donors (Lipinski definition) is 0. The molecule has 4 rings (SSSR count). The van der Waals surface area contributed by atoms with Crippen LogP contribution >= 0.6 is 0 Å². The lowest BCUT2D eigenvalue weighted by Gasteiger charge is -2.31. The van der Waals surface area contributed by atoms with Gasteiger partial charge in [-0.15, -0.1) is 0 Å². The lowest BCUT2D eigenvalue weighted by Crippen LogP contribution is -2.41. The molecule has 1 fully saturated rings. The van der Waals surface area contributed by atoms with Crippen molar-refractivity contribution in [3.63, 3.8) is 0 Å². The van der Waals surface area contributed by atoms with E-state index in [2.05, 4.69) is 74.2 Å². The summed E-state index contributed by atoms with van der Waals surface area (Å²) >= 11 is 0. The Bertz CT molecular complexity index is 877. The van der Waals surface area contributed by atoms with E-state index in [1.807, 2.05) is 0 Å². The van der Waals surface area contributed by atoms with Gasteiger partial charge in [-0.05, 0) is 56.8 Å². The minimum absolute atomic E-state index is 0.0249. The third-order valence-electron chi connectivity index (χ3n) is 6.25. The molecule has 0 saturated carbocycles. The number of rotatable bonds is 4. The largest absolute Gasteiger partial charge is 0.294 e. The molecule has 0 N–H and O–H groups in total. The zero-order chi connectivity index (χ0) is 20.4. The van der Waals surface area contributed by atoms with Crippen LogP contribution in [0.15, 0.2) is 53.6 Å². The number of amides is 1. The Labute approximate surface area is 174 Å². The maximum Gasteiger partial charge on any atom is 0.257 e. The van der Waals surface area contributed by atoms with Crippen molar-refractivity contribution in [3.05, 3.63) is 70.8 Å². The molecule has 29 heavy (non-hydrogen) atoms. The van der Waals surface area contributed by atoms with Gasteiger partial charge in [-0.25, -0.2) is 5.01 Å². The van der Waals surface area contributed by atoms with E-state index in [0.29, 0.717) is 6.54 Å². The number of piperidine rings is 1. The predicted molar refractivity (Wildman–Crippen MR) is 118 cm³/mol. The summed E-state index contributed by atoms with van der Waals surface area (Å²) in [6.07, 6.45) is 3.11. The van der Waals surface area contributed by atoms with Gasteiger partial charge in [-0.3, -0.25) is 9.69 Å². The molecule has 0 aliphatic carbocycles. The highest BCUT2D eigenvalue weighted by atomic mass is 16.2. The Morgan fingerprint density at radius 3 is 2.17 bits per heavy atom. The summed E-state index contributed by atoms with van der Waals surface area (Å²) in [5, 5.41) is 6.57. The number of aryl methyl sites for hydroxylation is 2. The second-order valence-electron chi connectivity index (χ2n) is 8.74. The van der Waals surface area contributed by atoms with Gasteiger partial charge in [0.25, 0.3) is 5.91 Å². The molecule has 4 heteroatoms. The smallest absolute Gasteiger partial charge is 0.257 e. The van der Waals surface area contributed by atoms with Crippen LogP contribution in [-0.4, -0.2) is 41.2 Å². The van der Waals surface area contributed by atoms with Gasteiger partial charge in [0, 0.05) is 6.42 Å². The molecule has 1 atom stereocenters. The average molecular weight is 390 g/mol. The molecule has 1 saturated heterocycles. The minimum Gasteiger partial charge on any atom is -0.294 e. The Balaban J connectivity index is 1.57. The van der Waals surface area contributed by atoms with Gasteiger partial charge in [-0.1, -0.05) is 66.6 Å². The van der Waals surface area contributed by atoms with E-state index in [-0.39, 0.29) is 11.9 Å². The summed E-state index contributed by atoms with van der Waals surface area (Å²) in [7, 11) is 0. The first-order valence-corrected chi connectivity index (χ1v) is 10.7. The molecular formula is C25H31N3O. The van der Waals surface area contributed by atoms with Crippen molar-refractivity contribution < 1.29 is 4.79 Å². The quantitative estimate of drug-likeness (QED) is 0.759. The molecule has 152 valence electrons. The van der Waals surface area contributed by atoms with Crippen molar-refractivity contribution in [2.45, 2.75) is 46.1 Å². The normalized spacial score (nSPS) is 20.7. The fourth-order valence-electron chi connectivity index (χ4n) is 4.19. The van der Waals surface area contributed by atoms with E-state index in [1.165, 1.54) is 24.0 Å². The molecular weight excluding hydrogens is 358 g/mol. The standard InChI is InChI=1S/C25H31N3O/c1-18-4-8-21(9-5-18)23-16-24(22-10-6-19(2)7-11-22)28(26-23)25(29)17-27-14-12-20(3)13-15-27/h4-11,20,24H,12-17H2,1-3H3/t24-/m1/s1. The van der Waals surface area contributed by atoms with E-state index in [4.69, 9.17) is 5.10 Å². The van der Waals surface area contributed by atoms with Crippen molar-refractivity contribution in [3.8, 4) is 0 Å². The number of likely N-dealkylation sites (tertiary alicyclic amines) is 1. The minimum atomic E-state index is -0.0249. The predicted octanol–water partition coefficient (Wildman–Crippen LogP) is 4.71. The monoisotopic (exact) mass is 389 g/mol. The lowest BCUT2D eigenvalue weighted by atomic mass is 9.97. The Kier molecular flexibility index (Phi) is 5.81. The van der Waals surface area contributed by atoms with Gasteiger partial charge >= 0.3 is 0 Å². The number of nitrogens with zero attached hydrogens (tertiary/aromatic N) is 3. The second-order valence-corrected chi connectivity index (χ2v) is 8.74. The van der Waals surface area contributed by atoms with Gasteiger partial charge in [-0.2, -0.15) is 5.10 Å². The topological polar surface area (TPSA) is 35.9 Å². The highest BCUT2D eigenvalue weighted by molar-refractivity contribution is 6.03. The molecule has 0 aromatic heterocycles. The maximum atomic E-state index is 13.3. The first kappa shape index (κ1) is 19.8. The number of hydrogen-bond acceptors (Lipinski definition) is 3. The summed E-state index contributed by atoms with van der Waals surface area (Å²) in [4.78, 5) is 15.5. The molecule has 0 spiro atoms. The molecule has 1 amide bonds. The van der Waals surface area contributed by atoms with Crippen LogP contribution in [0.3, 0.4) is 0 Å². The summed E-state index contributed by atoms with van der Waals surface area (Å²) in [5.41, 5.74) is 5.72. The first-order chi connectivity index (χ1) is 14.0. The number of carbonyl (C=O) groups excluding carboxylic acids is 1. The highest BCUT2D eigenvalue weighted by Crippen LogP contribution is 2.33. The molecule has 4 nitrogen and oxygen atoms in total. The average Bonchev–Trinajstić information content (AvgIpc) is 3.16. The Hall–Kier alpha value is -2.46. The molecule has 2 aromatic rings. The van der Waals surface area contributed by atoms with Crippen LogP contribution in [0.1, 0.15) is 54.5 Å². The van der Waals surface area contributed by atoms with E-state index >= 15 is 0 Å². The van der Waals surface area contributed by atoms with E-state index < -0.39 is 0 Å². The van der Waals surface area contributed by atoms with Gasteiger partial charge in [0.2, 0.25) is 0 Å². The Morgan fingerprint density at radius 2 is 1.55 bits per heavy atom. The number of carbonyl (C=O) groups is 1. The highest BCUT2D eigenvalue weighted by Gasteiger charge is 2.34. The molecule has 2 aliphatic heterocycles. The van der Waals surface area contributed by atoms with Crippen molar-refractivity contribution >= 4 is 11.6 Å². The summed E-state index contributed by atoms with van der Waals surface area (Å²) in [6.45, 7) is 8.94. The van der Waals surface area contributed by atoms with Crippen LogP contribution < -0.4 is 0 Å². The van der Waals surface area contributed by atoms with E-state index in [1.54, 1.807) is 5.01 Å². The van der Waals surface area contributed by atoms with E-state index in [0.717, 1.165) is 42.3 Å². The lowest BCUT2D eigenvalue weighted by molar-refractivity contribution is -0.134. The molecule has 0 unspecified atom stereocenters. The fourth-order valence-corrected chi connectivity index (χ4v) is 4.19. The van der Waals surface area contributed by atoms with Crippen LogP contribution in [0.2, 0.25) is 0 Å². The maximum absolute atomic E-state index is 13.3. The molecule has 2 aliphatic rings. The van der Waals surface area contributed by atoms with Crippen LogP contribution in [0.5, 0.6) is 0 Å². The molecule has 2 aromatic carbocycles. The van der Waals surface area contributed by atoms with Crippen LogP contribution in [0.25, 0.3) is 0 Å². The zero-order valence-corrected chi connectivity index (χ0v) is 17.8. The van der Waals surface area contributed by atoms with Gasteiger partial charge < -0.3 is 0 Å². The van der Waals surface area contributed by atoms with Crippen molar-refractivity contribution in [2.24, 2.45) is 11.0 Å². The summed E-state index contributed by atoms with van der Waals surface area (Å²) in [6, 6.07) is 16.9. The summed E-state index contributed by atoms with van der Waals surface area (Å²) < 4.78 is 0. The number of benzene rings is 2. The van der Waals surface area contributed by atoms with E-state index in [9.17, 15) is 4.79 Å². The van der Waals surface area contributed by atoms with Crippen molar-refractivity contribution in [2.75, 3.05) is 19.6 Å². The van der Waals surface area contributed by atoms with Crippen molar-refractivity contribution in [1.29, 1.82) is 0 Å². The van der Waals surface area contributed by atoms with Crippen LogP contribution in [0.4, 0.5) is 0 Å². The zero-order valence-electron chi connectivity index (χ0n) is 17.8. The van der Waals surface area contributed by atoms with Gasteiger partial charge in [0.1, 0.15) is 0 Å². The first-order valence-electron chi connectivity index (χ1n) is 10.7. The second kappa shape index (κ2) is 8.50. The SMILES string of the molecule is Cc1ccc(C2=NN(C(=O)CN3CCC(C)CC3)[C@@H](c3ccc(C)cc3)C2)cc1. The number of hydrazone groups is 1. The third-order valence-corrected chi connectivity index (χ3v) is 6.25. The van der Waals surface area contributed by atoms with Gasteiger partial charge in [0.05, 0.1) is 18.3 Å². The molecule has 0 bridgehead atoms. The molecule has 2 heterocycles. The molecule has 0 radical (unpaired) electrons. The van der Waals surface area contributed by atoms with Crippen molar-refractivity contribution in [1.82, 2.24) is 9.91 Å². The van der Waals surface area contributed by atoms with Crippen LogP contribution in [0, 0.1) is 19.8 Å². The summed E-state index contributed by atoms with van der Waals surface area (Å²) in [5.74, 6) is 0.867. The van der Waals surface area contributed by atoms with Crippen LogP contribution in [-0.2, 0) is 4.79 Å².